The Morgan fingerprint density at radius 1 is 1.03 bits per heavy atom. The quantitative estimate of drug-likeness (QED) is 0.573. The molecule has 0 fully saturated rings. The fraction of sp³-hybridized carbons (Fsp3) is 0.130. The normalized spacial score (nSPS) is 12.3. The number of carbonyl (C=O) groups is 2. The second-order valence-electron chi connectivity index (χ2n) is 6.59. The first-order chi connectivity index (χ1) is 13.9. The molecule has 0 spiro atoms. The standard InChI is InChI=1S/C23H21FN2O2S/c1-15-6-3-4-8-20(15)22(27)26-21(14-19-7-5-13-29-19)23(28)25-16(2)17-9-11-18(24)12-10-17/h3-14,16H,1-2H3,(H,25,28)(H,26,27)/b21-14-/t16-/m1/s1. The van der Waals surface area contributed by atoms with Crippen molar-refractivity contribution in [1.82, 2.24) is 10.6 Å². The van der Waals surface area contributed by atoms with Gasteiger partial charge in [0.15, 0.2) is 0 Å². The molecule has 2 aromatic carbocycles. The van der Waals surface area contributed by atoms with Gasteiger partial charge in [0, 0.05) is 10.4 Å². The third-order valence-electron chi connectivity index (χ3n) is 4.43. The number of rotatable bonds is 6. The molecule has 29 heavy (non-hydrogen) atoms. The molecule has 0 unspecified atom stereocenters. The minimum atomic E-state index is -0.419. The third kappa shape index (κ3) is 5.39. The fourth-order valence-electron chi connectivity index (χ4n) is 2.80. The number of benzene rings is 2. The first kappa shape index (κ1) is 20.5. The Kier molecular flexibility index (Phi) is 6.57. The number of amides is 2. The number of hydrogen-bond acceptors (Lipinski definition) is 3. The van der Waals surface area contributed by atoms with Crippen LogP contribution in [0.3, 0.4) is 0 Å². The summed E-state index contributed by atoms with van der Waals surface area (Å²) in [6.07, 6.45) is 1.65. The highest BCUT2D eigenvalue weighted by Gasteiger charge is 2.18. The van der Waals surface area contributed by atoms with Gasteiger partial charge in [-0.1, -0.05) is 36.4 Å². The number of aryl methyl sites for hydroxylation is 1. The molecule has 0 saturated carbocycles. The molecule has 0 aliphatic rings. The molecule has 0 aliphatic carbocycles. The van der Waals surface area contributed by atoms with E-state index in [0.29, 0.717) is 5.56 Å². The van der Waals surface area contributed by atoms with Gasteiger partial charge < -0.3 is 10.6 Å². The molecule has 1 aromatic heterocycles. The third-order valence-corrected chi connectivity index (χ3v) is 5.25. The number of hydrogen-bond donors (Lipinski definition) is 2. The molecular weight excluding hydrogens is 387 g/mol. The van der Waals surface area contributed by atoms with Crippen molar-refractivity contribution in [3.63, 3.8) is 0 Å². The molecule has 0 saturated heterocycles. The molecular formula is C23H21FN2O2S. The number of carbonyl (C=O) groups excluding carboxylic acids is 2. The van der Waals surface area contributed by atoms with E-state index in [4.69, 9.17) is 0 Å². The Morgan fingerprint density at radius 3 is 2.41 bits per heavy atom. The van der Waals surface area contributed by atoms with E-state index in [9.17, 15) is 14.0 Å². The SMILES string of the molecule is Cc1ccccc1C(=O)N/C(=C\c1cccs1)C(=O)N[C@H](C)c1ccc(F)cc1. The lowest BCUT2D eigenvalue weighted by Crippen LogP contribution is -2.36. The monoisotopic (exact) mass is 408 g/mol. The van der Waals surface area contributed by atoms with Gasteiger partial charge >= 0.3 is 0 Å². The van der Waals surface area contributed by atoms with E-state index in [-0.39, 0.29) is 23.5 Å². The van der Waals surface area contributed by atoms with Crippen LogP contribution in [0, 0.1) is 12.7 Å². The molecule has 4 nitrogen and oxygen atoms in total. The van der Waals surface area contributed by atoms with Crippen molar-refractivity contribution in [2.75, 3.05) is 0 Å². The average molecular weight is 408 g/mol. The fourth-order valence-corrected chi connectivity index (χ4v) is 3.46. The van der Waals surface area contributed by atoms with Crippen LogP contribution in [0.4, 0.5) is 4.39 Å². The maximum atomic E-state index is 13.1. The maximum Gasteiger partial charge on any atom is 0.268 e. The summed E-state index contributed by atoms with van der Waals surface area (Å²) in [5.41, 5.74) is 2.24. The van der Waals surface area contributed by atoms with Crippen LogP contribution in [0.2, 0.25) is 0 Å². The van der Waals surface area contributed by atoms with Crippen molar-refractivity contribution >= 4 is 29.2 Å². The summed E-state index contributed by atoms with van der Waals surface area (Å²) in [7, 11) is 0. The van der Waals surface area contributed by atoms with Crippen LogP contribution >= 0.6 is 11.3 Å². The van der Waals surface area contributed by atoms with Crippen LogP contribution in [-0.4, -0.2) is 11.8 Å². The van der Waals surface area contributed by atoms with Gasteiger partial charge in [-0.2, -0.15) is 0 Å². The van der Waals surface area contributed by atoms with Crippen LogP contribution < -0.4 is 10.6 Å². The van der Waals surface area contributed by atoms with Crippen LogP contribution in [-0.2, 0) is 4.79 Å². The Balaban J connectivity index is 1.81. The van der Waals surface area contributed by atoms with Gasteiger partial charge in [0.1, 0.15) is 11.5 Å². The molecule has 148 valence electrons. The maximum absolute atomic E-state index is 13.1. The molecule has 2 N–H and O–H groups in total. The van der Waals surface area contributed by atoms with Crippen molar-refractivity contribution in [1.29, 1.82) is 0 Å². The Morgan fingerprint density at radius 2 is 1.76 bits per heavy atom. The zero-order valence-electron chi connectivity index (χ0n) is 16.1. The van der Waals surface area contributed by atoms with E-state index in [1.165, 1.54) is 23.5 Å². The predicted octanol–water partition coefficient (Wildman–Crippen LogP) is 4.84. The highest BCUT2D eigenvalue weighted by molar-refractivity contribution is 7.10. The van der Waals surface area contributed by atoms with E-state index >= 15 is 0 Å². The van der Waals surface area contributed by atoms with Gasteiger partial charge in [-0.25, -0.2) is 4.39 Å². The smallest absolute Gasteiger partial charge is 0.268 e. The van der Waals surface area contributed by atoms with Crippen molar-refractivity contribution in [2.24, 2.45) is 0 Å². The average Bonchev–Trinajstić information content (AvgIpc) is 3.21. The zero-order chi connectivity index (χ0) is 20.8. The lowest BCUT2D eigenvalue weighted by molar-refractivity contribution is -0.118. The zero-order valence-corrected chi connectivity index (χ0v) is 16.9. The molecule has 6 heteroatoms. The van der Waals surface area contributed by atoms with Crippen molar-refractivity contribution in [2.45, 2.75) is 19.9 Å². The molecule has 0 aliphatic heterocycles. The van der Waals surface area contributed by atoms with Crippen molar-refractivity contribution < 1.29 is 14.0 Å². The summed E-state index contributed by atoms with van der Waals surface area (Å²) in [6, 6.07) is 16.5. The van der Waals surface area contributed by atoms with Gasteiger partial charge in [-0.3, -0.25) is 9.59 Å². The summed E-state index contributed by atoms with van der Waals surface area (Å²) >= 11 is 1.46. The second-order valence-corrected chi connectivity index (χ2v) is 7.57. The van der Waals surface area contributed by atoms with E-state index in [1.807, 2.05) is 36.6 Å². The molecule has 2 amide bonds. The van der Waals surface area contributed by atoms with Gasteiger partial charge in [0.2, 0.25) is 0 Å². The van der Waals surface area contributed by atoms with Gasteiger partial charge in [0.25, 0.3) is 11.8 Å². The first-order valence-electron chi connectivity index (χ1n) is 9.12. The Bertz CT molecular complexity index is 1030. The minimum absolute atomic E-state index is 0.148. The lowest BCUT2D eigenvalue weighted by Gasteiger charge is -2.17. The summed E-state index contributed by atoms with van der Waals surface area (Å²) in [6.45, 7) is 3.64. The number of nitrogens with one attached hydrogen (secondary N) is 2. The predicted molar refractivity (Wildman–Crippen MR) is 114 cm³/mol. The van der Waals surface area contributed by atoms with Gasteiger partial charge in [-0.15, -0.1) is 11.3 Å². The summed E-state index contributed by atoms with van der Waals surface area (Å²) in [5.74, 6) is -1.11. The van der Waals surface area contributed by atoms with Crippen molar-refractivity contribution in [3.05, 3.63) is 99.1 Å². The molecule has 3 rings (SSSR count). The molecule has 3 aromatic rings. The topological polar surface area (TPSA) is 58.2 Å². The van der Waals surface area contributed by atoms with Crippen LogP contribution in [0.5, 0.6) is 0 Å². The highest BCUT2D eigenvalue weighted by atomic mass is 32.1. The second kappa shape index (κ2) is 9.30. The van der Waals surface area contributed by atoms with Crippen LogP contribution in [0.25, 0.3) is 6.08 Å². The molecule has 1 atom stereocenters. The number of halogens is 1. The van der Waals surface area contributed by atoms with Crippen LogP contribution in [0.15, 0.2) is 71.7 Å². The molecule has 0 radical (unpaired) electrons. The first-order valence-corrected chi connectivity index (χ1v) is 10.0. The van der Waals surface area contributed by atoms with Gasteiger partial charge in [-0.05, 0) is 60.7 Å². The van der Waals surface area contributed by atoms with Crippen molar-refractivity contribution in [3.8, 4) is 0 Å². The number of thiophene rings is 1. The minimum Gasteiger partial charge on any atom is -0.344 e. The summed E-state index contributed by atoms with van der Waals surface area (Å²) in [4.78, 5) is 26.5. The van der Waals surface area contributed by atoms with E-state index in [0.717, 1.165) is 16.0 Å². The van der Waals surface area contributed by atoms with Crippen LogP contribution in [0.1, 0.15) is 39.3 Å². The van der Waals surface area contributed by atoms with E-state index < -0.39 is 5.91 Å². The Labute approximate surface area is 173 Å². The highest BCUT2D eigenvalue weighted by Crippen LogP contribution is 2.16. The summed E-state index contributed by atoms with van der Waals surface area (Å²) in [5, 5.41) is 7.49. The van der Waals surface area contributed by atoms with E-state index in [2.05, 4.69) is 10.6 Å². The Hall–Kier alpha value is -3.25. The molecule has 1 heterocycles. The summed E-state index contributed by atoms with van der Waals surface area (Å²) < 4.78 is 13.1. The lowest BCUT2D eigenvalue weighted by atomic mass is 10.1. The van der Waals surface area contributed by atoms with E-state index in [1.54, 1.807) is 37.3 Å². The largest absolute Gasteiger partial charge is 0.344 e. The van der Waals surface area contributed by atoms with Gasteiger partial charge in [0.05, 0.1) is 6.04 Å². The molecule has 0 bridgehead atoms.